The summed E-state index contributed by atoms with van der Waals surface area (Å²) in [4.78, 5) is 6.60. The van der Waals surface area contributed by atoms with Crippen molar-refractivity contribution in [2.45, 2.75) is 12.5 Å². The number of nitrogen functional groups attached to an aromatic ring is 1. The van der Waals surface area contributed by atoms with E-state index < -0.39 is 0 Å². The van der Waals surface area contributed by atoms with E-state index in [1.54, 1.807) is 0 Å². The van der Waals surface area contributed by atoms with Crippen LogP contribution in [0.25, 0.3) is 11.1 Å². The summed E-state index contributed by atoms with van der Waals surface area (Å²) in [6.07, 6.45) is 1.83. The molecule has 1 aliphatic rings. The van der Waals surface area contributed by atoms with Gasteiger partial charge in [-0.05, 0) is 47.9 Å². The summed E-state index contributed by atoms with van der Waals surface area (Å²) in [7, 11) is 0. The number of benzene rings is 1. The monoisotopic (exact) mass is 303 g/mol. The van der Waals surface area contributed by atoms with E-state index in [4.69, 9.17) is 22.1 Å². The van der Waals surface area contributed by atoms with Gasteiger partial charge >= 0.3 is 0 Å². The maximum atomic E-state index is 6.06. The Bertz CT molecular complexity index is 647. The van der Waals surface area contributed by atoms with Crippen molar-refractivity contribution >= 4 is 23.1 Å². The van der Waals surface area contributed by atoms with E-state index >= 15 is 0 Å². The fourth-order valence-electron chi connectivity index (χ4n) is 2.53. The highest BCUT2D eigenvalue weighted by molar-refractivity contribution is 6.20. The Kier molecular flexibility index (Phi) is 3.99. The van der Waals surface area contributed by atoms with Gasteiger partial charge in [0, 0.05) is 18.4 Å². The van der Waals surface area contributed by atoms with E-state index in [1.165, 1.54) is 5.56 Å². The fourth-order valence-corrected chi connectivity index (χ4v) is 2.78. The number of rotatable bonds is 2. The SMILES string of the molecule is Cc1ccc(N)cc1-c1ccnc(N2CCOC(Cl)C2)c1. The minimum absolute atomic E-state index is 0.279. The summed E-state index contributed by atoms with van der Waals surface area (Å²) in [6.45, 7) is 4.15. The first-order valence-electron chi connectivity index (χ1n) is 6.96. The van der Waals surface area contributed by atoms with Gasteiger partial charge in [0.15, 0.2) is 0 Å². The number of pyridine rings is 1. The molecular formula is C16H18ClN3O. The second-order valence-electron chi connectivity index (χ2n) is 5.20. The lowest BCUT2D eigenvalue weighted by Crippen LogP contribution is -2.40. The number of hydrogen-bond acceptors (Lipinski definition) is 4. The van der Waals surface area contributed by atoms with Crippen LogP contribution in [0.2, 0.25) is 0 Å². The van der Waals surface area contributed by atoms with Gasteiger partial charge in [-0.15, -0.1) is 0 Å². The van der Waals surface area contributed by atoms with Crippen molar-refractivity contribution in [1.29, 1.82) is 0 Å². The molecule has 1 aromatic carbocycles. The third kappa shape index (κ3) is 3.12. The second-order valence-corrected chi connectivity index (χ2v) is 5.69. The zero-order chi connectivity index (χ0) is 14.8. The van der Waals surface area contributed by atoms with E-state index in [9.17, 15) is 0 Å². The van der Waals surface area contributed by atoms with Gasteiger partial charge in [-0.3, -0.25) is 0 Å². The van der Waals surface area contributed by atoms with Crippen LogP contribution in [0, 0.1) is 6.92 Å². The third-order valence-electron chi connectivity index (χ3n) is 3.67. The zero-order valence-corrected chi connectivity index (χ0v) is 12.7. The van der Waals surface area contributed by atoms with Crippen LogP contribution in [-0.4, -0.2) is 30.2 Å². The molecule has 0 saturated carbocycles. The molecular weight excluding hydrogens is 286 g/mol. The van der Waals surface area contributed by atoms with Gasteiger partial charge in [0.2, 0.25) is 0 Å². The Morgan fingerprint density at radius 3 is 3.00 bits per heavy atom. The number of ether oxygens (including phenoxy) is 1. The van der Waals surface area contributed by atoms with Gasteiger partial charge < -0.3 is 15.4 Å². The van der Waals surface area contributed by atoms with Crippen molar-refractivity contribution in [3.8, 4) is 11.1 Å². The smallest absolute Gasteiger partial charge is 0.148 e. The third-order valence-corrected chi connectivity index (χ3v) is 3.93. The summed E-state index contributed by atoms with van der Waals surface area (Å²) in [5.74, 6) is 0.920. The number of aryl methyl sites for hydroxylation is 1. The molecule has 0 spiro atoms. The lowest BCUT2D eigenvalue weighted by atomic mass is 10.0. The van der Waals surface area contributed by atoms with Crippen LogP contribution in [-0.2, 0) is 4.74 Å². The van der Waals surface area contributed by atoms with Crippen molar-refractivity contribution in [1.82, 2.24) is 4.98 Å². The van der Waals surface area contributed by atoms with Crippen LogP contribution in [0.4, 0.5) is 11.5 Å². The van der Waals surface area contributed by atoms with Gasteiger partial charge in [0.05, 0.1) is 13.2 Å². The largest absolute Gasteiger partial charge is 0.399 e. The van der Waals surface area contributed by atoms with Gasteiger partial charge in [-0.2, -0.15) is 0 Å². The zero-order valence-electron chi connectivity index (χ0n) is 11.9. The Morgan fingerprint density at radius 1 is 1.33 bits per heavy atom. The molecule has 1 fully saturated rings. The van der Waals surface area contributed by atoms with Crippen LogP contribution in [0.1, 0.15) is 5.56 Å². The molecule has 4 nitrogen and oxygen atoms in total. The van der Waals surface area contributed by atoms with Crippen LogP contribution in [0.3, 0.4) is 0 Å². The molecule has 1 aromatic heterocycles. The minimum atomic E-state index is -0.279. The van der Waals surface area contributed by atoms with Crippen molar-refractivity contribution < 1.29 is 4.74 Å². The number of alkyl halides is 1. The number of aromatic nitrogens is 1. The average Bonchev–Trinajstić information content (AvgIpc) is 2.50. The first-order chi connectivity index (χ1) is 10.1. The molecule has 110 valence electrons. The van der Waals surface area contributed by atoms with Crippen molar-refractivity contribution in [2.75, 3.05) is 30.3 Å². The van der Waals surface area contributed by atoms with E-state index in [2.05, 4.69) is 22.9 Å². The Balaban J connectivity index is 1.94. The molecule has 21 heavy (non-hydrogen) atoms. The predicted molar refractivity (Wildman–Crippen MR) is 86.6 cm³/mol. The molecule has 1 aliphatic heterocycles. The molecule has 1 unspecified atom stereocenters. The molecule has 3 rings (SSSR count). The van der Waals surface area contributed by atoms with Gasteiger partial charge in [0.25, 0.3) is 0 Å². The summed E-state index contributed by atoms with van der Waals surface area (Å²) >= 11 is 6.06. The van der Waals surface area contributed by atoms with Crippen LogP contribution in [0.5, 0.6) is 0 Å². The highest BCUT2D eigenvalue weighted by Gasteiger charge is 2.19. The molecule has 2 aromatic rings. The van der Waals surface area contributed by atoms with Crippen LogP contribution >= 0.6 is 11.6 Å². The number of morpholine rings is 1. The molecule has 2 N–H and O–H groups in total. The molecule has 0 aliphatic carbocycles. The van der Waals surface area contributed by atoms with Crippen molar-refractivity contribution in [3.05, 3.63) is 42.1 Å². The van der Waals surface area contributed by atoms with E-state index in [0.717, 1.165) is 29.2 Å². The predicted octanol–water partition coefficient (Wildman–Crippen LogP) is 3.04. The highest BCUT2D eigenvalue weighted by Crippen LogP contribution is 2.28. The van der Waals surface area contributed by atoms with Crippen LogP contribution in [0.15, 0.2) is 36.5 Å². The Labute approximate surface area is 129 Å². The van der Waals surface area contributed by atoms with E-state index in [1.807, 2.05) is 30.5 Å². The standard InChI is InChI=1S/C16H18ClN3O/c1-11-2-3-13(18)9-14(11)12-4-5-19-16(8-12)20-6-7-21-15(17)10-20/h2-5,8-9,15H,6-7,10,18H2,1H3. The highest BCUT2D eigenvalue weighted by atomic mass is 35.5. The first-order valence-corrected chi connectivity index (χ1v) is 7.40. The van der Waals surface area contributed by atoms with Gasteiger partial charge in [-0.25, -0.2) is 4.98 Å². The van der Waals surface area contributed by atoms with Crippen molar-refractivity contribution in [3.63, 3.8) is 0 Å². The number of nitrogens with two attached hydrogens (primary N) is 1. The fraction of sp³-hybridized carbons (Fsp3) is 0.312. The molecule has 2 heterocycles. The summed E-state index contributed by atoms with van der Waals surface area (Å²) in [5.41, 5.74) is 9.83. The maximum absolute atomic E-state index is 6.06. The van der Waals surface area contributed by atoms with Crippen molar-refractivity contribution in [2.24, 2.45) is 0 Å². The summed E-state index contributed by atoms with van der Waals surface area (Å²) < 4.78 is 5.36. The average molecular weight is 304 g/mol. The topological polar surface area (TPSA) is 51.4 Å². The van der Waals surface area contributed by atoms with Gasteiger partial charge in [0.1, 0.15) is 11.4 Å². The number of hydrogen-bond donors (Lipinski definition) is 1. The van der Waals surface area contributed by atoms with Crippen LogP contribution < -0.4 is 10.6 Å². The Hall–Kier alpha value is -1.78. The first kappa shape index (κ1) is 14.2. The molecule has 1 saturated heterocycles. The van der Waals surface area contributed by atoms with E-state index in [0.29, 0.717) is 13.2 Å². The number of anilines is 2. The molecule has 5 heteroatoms. The lowest BCUT2D eigenvalue weighted by molar-refractivity contribution is 0.0931. The Morgan fingerprint density at radius 2 is 2.19 bits per heavy atom. The quantitative estimate of drug-likeness (QED) is 0.684. The minimum Gasteiger partial charge on any atom is -0.399 e. The second kappa shape index (κ2) is 5.92. The molecule has 0 bridgehead atoms. The normalized spacial score (nSPS) is 18.8. The summed E-state index contributed by atoms with van der Waals surface area (Å²) in [5, 5.41) is 0. The van der Waals surface area contributed by atoms with E-state index in [-0.39, 0.29) is 5.56 Å². The molecule has 0 radical (unpaired) electrons. The maximum Gasteiger partial charge on any atom is 0.148 e. The lowest BCUT2D eigenvalue weighted by Gasteiger charge is -2.31. The number of halogens is 1. The van der Waals surface area contributed by atoms with Gasteiger partial charge in [-0.1, -0.05) is 17.7 Å². The molecule has 0 amide bonds. The molecule has 1 atom stereocenters. The summed E-state index contributed by atoms with van der Waals surface area (Å²) in [6, 6.07) is 10.0. The number of nitrogens with zero attached hydrogens (tertiary/aromatic N) is 2.